The first kappa shape index (κ1) is 14.1. The van der Waals surface area contributed by atoms with Crippen LogP contribution in [0.15, 0.2) is 11.6 Å². The van der Waals surface area contributed by atoms with Gasteiger partial charge in [-0.15, -0.1) is 0 Å². The van der Waals surface area contributed by atoms with Gasteiger partial charge in [-0.1, -0.05) is 11.6 Å². The number of allylic oxidation sites excluding steroid dienone is 1. The number of rotatable bonds is 6. The van der Waals surface area contributed by atoms with Crippen LogP contribution in [0.3, 0.4) is 0 Å². The van der Waals surface area contributed by atoms with Crippen LogP contribution in [0.5, 0.6) is 0 Å². The molecule has 1 rings (SSSR count). The molecule has 2 amide bonds. The first-order valence-corrected chi connectivity index (χ1v) is 6.60. The van der Waals surface area contributed by atoms with E-state index in [1.165, 1.54) is 18.9 Å². The van der Waals surface area contributed by atoms with Gasteiger partial charge in [-0.05, 0) is 25.7 Å². The smallest absolute Gasteiger partial charge is 0.243 e. The van der Waals surface area contributed by atoms with E-state index in [-0.39, 0.29) is 11.8 Å². The van der Waals surface area contributed by atoms with Crippen LogP contribution in [0.25, 0.3) is 0 Å². The maximum absolute atomic E-state index is 11.7. The van der Waals surface area contributed by atoms with Crippen molar-refractivity contribution in [1.29, 1.82) is 0 Å². The molecule has 0 aromatic rings. The van der Waals surface area contributed by atoms with Crippen molar-refractivity contribution in [3.05, 3.63) is 11.6 Å². The van der Waals surface area contributed by atoms with Crippen LogP contribution in [0.1, 0.15) is 32.6 Å². The van der Waals surface area contributed by atoms with Crippen molar-refractivity contribution in [1.82, 2.24) is 10.6 Å². The second kappa shape index (κ2) is 7.37. The lowest BCUT2D eigenvalue weighted by Gasteiger charge is -2.15. The Morgan fingerprint density at radius 2 is 2.29 bits per heavy atom. The Morgan fingerprint density at radius 3 is 2.82 bits per heavy atom. The minimum Gasteiger partial charge on any atom is -0.354 e. The predicted molar refractivity (Wildman–Crippen MR) is 71.0 cm³/mol. The molecule has 0 saturated carbocycles. The molecule has 1 aliphatic carbocycles. The van der Waals surface area contributed by atoms with Crippen LogP contribution < -0.4 is 10.6 Å². The van der Waals surface area contributed by atoms with Gasteiger partial charge in [0, 0.05) is 19.2 Å². The third-order valence-corrected chi connectivity index (χ3v) is 3.12. The molecule has 0 saturated heterocycles. The summed E-state index contributed by atoms with van der Waals surface area (Å²) >= 11 is 4.05. The molecule has 0 bridgehead atoms. The highest BCUT2D eigenvalue weighted by Crippen LogP contribution is 2.19. The second-order valence-corrected chi connectivity index (χ2v) is 4.60. The van der Waals surface area contributed by atoms with E-state index in [0.717, 1.165) is 19.3 Å². The molecule has 1 aliphatic rings. The Labute approximate surface area is 108 Å². The highest BCUT2D eigenvalue weighted by atomic mass is 32.1. The van der Waals surface area contributed by atoms with Crippen LogP contribution in [0, 0.1) is 0 Å². The number of carbonyl (C=O) groups is 2. The fourth-order valence-electron chi connectivity index (χ4n) is 1.87. The van der Waals surface area contributed by atoms with Crippen molar-refractivity contribution >= 4 is 24.4 Å². The molecule has 2 N–H and O–H groups in total. The molecule has 1 atom stereocenters. The maximum atomic E-state index is 11.7. The summed E-state index contributed by atoms with van der Waals surface area (Å²) in [6, 6.07) is -0.534. The van der Waals surface area contributed by atoms with Gasteiger partial charge in [-0.25, -0.2) is 0 Å². The third-order valence-electron chi connectivity index (χ3n) is 2.76. The lowest BCUT2D eigenvalue weighted by atomic mass is 10.1. The van der Waals surface area contributed by atoms with E-state index in [2.05, 4.69) is 29.3 Å². The Hall–Kier alpha value is -0.970. The van der Waals surface area contributed by atoms with Gasteiger partial charge in [-0.3, -0.25) is 9.59 Å². The lowest BCUT2D eigenvalue weighted by Crippen LogP contribution is -2.47. The molecule has 0 spiro atoms. The predicted octanol–water partition coefficient (Wildman–Crippen LogP) is 1.04. The number of hydrogen-bond donors (Lipinski definition) is 3. The molecule has 0 fully saturated rings. The Bertz CT molecular complexity index is 316. The third kappa shape index (κ3) is 5.26. The van der Waals surface area contributed by atoms with Gasteiger partial charge >= 0.3 is 0 Å². The summed E-state index contributed by atoms with van der Waals surface area (Å²) in [4.78, 5) is 22.6. The van der Waals surface area contributed by atoms with Crippen molar-refractivity contribution < 1.29 is 9.59 Å². The van der Waals surface area contributed by atoms with E-state index < -0.39 is 6.04 Å². The van der Waals surface area contributed by atoms with E-state index in [9.17, 15) is 9.59 Å². The topological polar surface area (TPSA) is 58.2 Å². The summed E-state index contributed by atoms with van der Waals surface area (Å²) in [6.45, 7) is 2.03. The van der Waals surface area contributed by atoms with Crippen LogP contribution in [0.4, 0.5) is 0 Å². The van der Waals surface area contributed by atoms with E-state index in [4.69, 9.17) is 0 Å². The first-order chi connectivity index (χ1) is 8.13. The fraction of sp³-hybridized carbons (Fsp3) is 0.667. The second-order valence-electron chi connectivity index (χ2n) is 4.23. The highest BCUT2D eigenvalue weighted by Gasteiger charge is 2.17. The molecule has 17 heavy (non-hydrogen) atoms. The van der Waals surface area contributed by atoms with Crippen molar-refractivity contribution in [2.75, 3.05) is 12.3 Å². The maximum Gasteiger partial charge on any atom is 0.243 e. The van der Waals surface area contributed by atoms with E-state index >= 15 is 0 Å². The molecular weight excluding hydrogens is 236 g/mol. The normalized spacial score (nSPS) is 16.2. The summed E-state index contributed by atoms with van der Waals surface area (Å²) < 4.78 is 0. The number of amides is 2. The van der Waals surface area contributed by atoms with E-state index in [0.29, 0.717) is 12.3 Å². The Balaban J connectivity index is 2.24. The molecule has 96 valence electrons. The molecule has 0 aliphatic heterocycles. The summed E-state index contributed by atoms with van der Waals surface area (Å²) in [5, 5.41) is 5.39. The highest BCUT2D eigenvalue weighted by molar-refractivity contribution is 7.80. The van der Waals surface area contributed by atoms with Crippen molar-refractivity contribution in [3.63, 3.8) is 0 Å². The average Bonchev–Trinajstić information content (AvgIpc) is 2.78. The lowest BCUT2D eigenvalue weighted by molar-refractivity contribution is -0.127. The number of carbonyl (C=O) groups excluding carboxylic acids is 2. The summed E-state index contributed by atoms with van der Waals surface area (Å²) in [6.07, 6.45) is 6.70. The molecule has 4 nitrogen and oxygen atoms in total. The van der Waals surface area contributed by atoms with Gasteiger partial charge in [-0.2, -0.15) is 12.6 Å². The number of nitrogens with one attached hydrogen (secondary N) is 2. The van der Waals surface area contributed by atoms with Crippen molar-refractivity contribution in [3.8, 4) is 0 Å². The standard InChI is InChI=1S/C12H20N2O2S/c1-9(15)14-11(8-17)12(16)13-7-6-10-4-2-3-5-10/h4,11,17H,2-3,5-8H2,1H3,(H,13,16)(H,14,15). The van der Waals surface area contributed by atoms with E-state index in [1.807, 2.05) is 0 Å². The average molecular weight is 256 g/mol. The zero-order valence-corrected chi connectivity index (χ0v) is 11.1. The van der Waals surface area contributed by atoms with Gasteiger partial charge < -0.3 is 10.6 Å². The monoisotopic (exact) mass is 256 g/mol. The van der Waals surface area contributed by atoms with Crippen LogP contribution in [-0.4, -0.2) is 30.2 Å². The van der Waals surface area contributed by atoms with E-state index in [1.54, 1.807) is 0 Å². The number of hydrogen-bond acceptors (Lipinski definition) is 3. The minimum absolute atomic E-state index is 0.159. The molecule has 5 heteroatoms. The van der Waals surface area contributed by atoms with Gasteiger partial charge in [0.15, 0.2) is 0 Å². The van der Waals surface area contributed by atoms with Gasteiger partial charge in [0.1, 0.15) is 6.04 Å². The molecular formula is C12H20N2O2S. The summed E-state index contributed by atoms with van der Waals surface area (Å²) in [7, 11) is 0. The molecule has 0 heterocycles. The van der Waals surface area contributed by atoms with Gasteiger partial charge in [0.05, 0.1) is 0 Å². The SMILES string of the molecule is CC(=O)NC(CS)C(=O)NCCC1=CCCC1. The molecule has 0 radical (unpaired) electrons. The molecule has 0 aromatic heterocycles. The first-order valence-electron chi connectivity index (χ1n) is 5.97. The van der Waals surface area contributed by atoms with Crippen LogP contribution in [0.2, 0.25) is 0 Å². The van der Waals surface area contributed by atoms with Crippen LogP contribution >= 0.6 is 12.6 Å². The zero-order chi connectivity index (χ0) is 12.7. The molecule has 1 unspecified atom stereocenters. The van der Waals surface area contributed by atoms with Gasteiger partial charge in [0.2, 0.25) is 11.8 Å². The summed E-state index contributed by atoms with van der Waals surface area (Å²) in [5.41, 5.74) is 1.42. The molecule has 0 aromatic carbocycles. The fourth-order valence-corrected chi connectivity index (χ4v) is 2.13. The summed E-state index contributed by atoms with van der Waals surface area (Å²) in [5.74, 6) is -0.0554. The van der Waals surface area contributed by atoms with Gasteiger partial charge in [0.25, 0.3) is 0 Å². The van der Waals surface area contributed by atoms with Crippen LogP contribution in [-0.2, 0) is 9.59 Å². The minimum atomic E-state index is -0.534. The largest absolute Gasteiger partial charge is 0.354 e. The quantitative estimate of drug-likeness (QED) is 0.491. The zero-order valence-electron chi connectivity index (χ0n) is 10.2. The van der Waals surface area contributed by atoms with Crippen molar-refractivity contribution in [2.24, 2.45) is 0 Å². The number of thiol groups is 1. The Kier molecular flexibility index (Phi) is 6.11. The Morgan fingerprint density at radius 1 is 1.53 bits per heavy atom. The van der Waals surface area contributed by atoms with Crippen molar-refractivity contribution in [2.45, 2.75) is 38.6 Å².